The molecule has 0 fully saturated rings. The van der Waals surface area contributed by atoms with Crippen LogP contribution in [0.1, 0.15) is 43.1 Å². The third kappa shape index (κ3) is 4.37. The number of carbonyl (C=O) groups excluding carboxylic acids is 1. The number of carboxylic acid groups (broad SMARTS) is 1. The highest BCUT2D eigenvalue weighted by atomic mass is 16.4. The molecule has 1 aromatic carbocycles. The van der Waals surface area contributed by atoms with E-state index in [2.05, 4.69) is 13.8 Å². The first-order valence-electron chi connectivity index (χ1n) is 6.89. The Morgan fingerprint density at radius 3 is 2.35 bits per heavy atom. The van der Waals surface area contributed by atoms with Crippen LogP contribution in [0.4, 0.5) is 0 Å². The standard InChI is InChI=1S/C16H23NO3/c1-11(2)9-12(3)17(4)15(18)10-13-7-5-6-8-14(13)16(19)20/h5-8,11-12H,9-10H2,1-4H3,(H,19,20). The summed E-state index contributed by atoms with van der Waals surface area (Å²) in [6.45, 7) is 6.25. The first-order chi connectivity index (χ1) is 9.32. The summed E-state index contributed by atoms with van der Waals surface area (Å²) >= 11 is 0. The molecule has 0 aliphatic heterocycles. The fraction of sp³-hybridized carbons (Fsp3) is 0.500. The summed E-state index contributed by atoms with van der Waals surface area (Å²) in [6.07, 6.45) is 1.06. The quantitative estimate of drug-likeness (QED) is 0.870. The van der Waals surface area contributed by atoms with Crippen LogP contribution in [0.5, 0.6) is 0 Å². The minimum Gasteiger partial charge on any atom is -0.478 e. The van der Waals surface area contributed by atoms with E-state index in [1.807, 2.05) is 6.92 Å². The fourth-order valence-electron chi connectivity index (χ4n) is 2.26. The van der Waals surface area contributed by atoms with E-state index < -0.39 is 5.97 Å². The predicted molar refractivity (Wildman–Crippen MR) is 78.8 cm³/mol. The Bertz CT molecular complexity index is 482. The minimum atomic E-state index is -0.994. The number of carbonyl (C=O) groups is 2. The van der Waals surface area contributed by atoms with Gasteiger partial charge in [-0.1, -0.05) is 32.0 Å². The second kappa shape index (κ2) is 7.08. The van der Waals surface area contributed by atoms with Gasteiger partial charge in [-0.25, -0.2) is 4.79 Å². The van der Waals surface area contributed by atoms with Crippen molar-refractivity contribution in [2.75, 3.05) is 7.05 Å². The number of hydrogen-bond acceptors (Lipinski definition) is 2. The number of likely N-dealkylation sites (N-methyl/N-ethyl adjacent to an activating group) is 1. The summed E-state index contributed by atoms with van der Waals surface area (Å²) in [5, 5.41) is 9.12. The lowest BCUT2D eigenvalue weighted by Crippen LogP contribution is -2.37. The lowest BCUT2D eigenvalue weighted by molar-refractivity contribution is -0.131. The highest BCUT2D eigenvalue weighted by molar-refractivity contribution is 5.91. The van der Waals surface area contributed by atoms with Crippen molar-refractivity contribution in [3.05, 3.63) is 35.4 Å². The lowest BCUT2D eigenvalue weighted by atomic mass is 10.0. The number of rotatable bonds is 6. The summed E-state index contributed by atoms with van der Waals surface area (Å²) in [6, 6.07) is 6.81. The molecule has 1 unspecified atom stereocenters. The molecule has 0 bridgehead atoms. The maximum absolute atomic E-state index is 12.2. The number of hydrogen-bond donors (Lipinski definition) is 1. The van der Waals surface area contributed by atoms with Crippen LogP contribution in [0, 0.1) is 5.92 Å². The summed E-state index contributed by atoms with van der Waals surface area (Å²) in [4.78, 5) is 25.1. The van der Waals surface area contributed by atoms with Crippen LogP contribution in [0.3, 0.4) is 0 Å². The van der Waals surface area contributed by atoms with Crippen LogP contribution >= 0.6 is 0 Å². The van der Waals surface area contributed by atoms with E-state index >= 15 is 0 Å². The van der Waals surface area contributed by atoms with Crippen LogP contribution in [-0.2, 0) is 11.2 Å². The normalized spacial score (nSPS) is 12.2. The Morgan fingerprint density at radius 2 is 1.80 bits per heavy atom. The van der Waals surface area contributed by atoms with Crippen LogP contribution in [-0.4, -0.2) is 35.0 Å². The minimum absolute atomic E-state index is 0.0492. The first-order valence-corrected chi connectivity index (χ1v) is 6.89. The molecule has 4 heteroatoms. The molecule has 0 saturated heterocycles. The SMILES string of the molecule is CC(C)CC(C)N(C)C(=O)Cc1ccccc1C(=O)O. The molecular weight excluding hydrogens is 254 g/mol. The lowest BCUT2D eigenvalue weighted by Gasteiger charge is -2.26. The molecular formula is C16H23NO3. The van der Waals surface area contributed by atoms with Crippen molar-refractivity contribution in [1.82, 2.24) is 4.90 Å². The smallest absolute Gasteiger partial charge is 0.335 e. The third-order valence-electron chi connectivity index (χ3n) is 3.46. The van der Waals surface area contributed by atoms with Crippen LogP contribution in [0.15, 0.2) is 24.3 Å². The van der Waals surface area contributed by atoms with E-state index in [-0.39, 0.29) is 23.9 Å². The molecule has 1 amide bonds. The molecule has 0 saturated carbocycles. The zero-order valence-corrected chi connectivity index (χ0v) is 12.6. The van der Waals surface area contributed by atoms with Crippen molar-refractivity contribution in [3.63, 3.8) is 0 Å². The van der Waals surface area contributed by atoms with E-state index in [1.54, 1.807) is 30.1 Å². The fourth-order valence-corrected chi connectivity index (χ4v) is 2.26. The Kier molecular flexibility index (Phi) is 5.74. The molecule has 20 heavy (non-hydrogen) atoms. The average molecular weight is 277 g/mol. The van der Waals surface area contributed by atoms with E-state index in [1.165, 1.54) is 6.07 Å². The number of amides is 1. The molecule has 0 spiro atoms. The highest BCUT2D eigenvalue weighted by Crippen LogP contribution is 2.14. The van der Waals surface area contributed by atoms with Crippen molar-refractivity contribution in [3.8, 4) is 0 Å². The van der Waals surface area contributed by atoms with Gasteiger partial charge in [0.15, 0.2) is 0 Å². The molecule has 1 atom stereocenters. The average Bonchev–Trinajstić information content (AvgIpc) is 2.37. The zero-order chi connectivity index (χ0) is 15.3. The summed E-state index contributed by atoms with van der Waals surface area (Å²) < 4.78 is 0. The second-order valence-corrected chi connectivity index (χ2v) is 5.62. The molecule has 0 heterocycles. The van der Waals surface area contributed by atoms with Gasteiger partial charge in [-0.15, -0.1) is 0 Å². The van der Waals surface area contributed by atoms with Gasteiger partial charge in [-0.2, -0.15) is 0 Å². The monoisotopic (exact) mass is 277 g/mol. The van der Waals surface area contributed by atoms with Crippen LogP contribution < -0.4 is 0 Å². The van der Waals surface area contributed by atoms with Crippen molar-refractivity contribution in [2.24, 2.45) is 5.92 Å². The summed E-state index contributed by atoms with van der Waals surface area (Å²) in [5.74, 6) is -0.523. The van der Waals surface area contributed by atoms with Crippen LogP contribution in [0.25, 0.3) is 0 Å². The number of benzene rings is 1. The van der Waals surface area contributed by atoms with Gasteiger partial charge < -0.3 is 10.0 Å². The first kappa shape index (κ1) is 16.2. The molecule has 1 rings (SSSR count). The zero-order valence-electron chi connectivity index (χ0n) is 12.6. The number of aromatic carboxylic acids is 1. The maximum atomic E-state index is 12.2. The Balaban J connectivity index is 2.78. The molecule has 110 valence electrons. The number of nitrogens with zero attached hydrogens (tertiary/aromatic N) is 1. The van der Waals surface area contributed by atoms with Gasteiger partial charge in [0.25, 0.3) is 0 Å². The molecule has 0 radical (unpaired) electrons. The van der Waals surface area contributed by atoms with Crippen molar-refractivity contribution < 1.29 is 14.7 Å². The van der Waals surface area contributed by atoms with Gasteiger partial charge in [0, 0.05) is 13.1 Å². The molecule has 0 aliphatic carbocycles. The van der Waals surface area contributed by atoms with E-state index in [4.69, 9.17) is 5.11 Å². The van der Waals surface area contributed by atoms with E-state index in [0.717, 1.165) is 6.42 Å². The van der Waals surface area contributed by atoms with Crippen molar-refractivity contribution in [1.29, 1.82) is 0 Å². The third-order valence-corrected chi connectivity index (χ3v) is 3.46. The number of carboxylic acids is 1. The largest absolute Gasteiger partial charge is 0.478 e. The summed E-state index contributed by atoms with van der Waals surface area (Å²) in [7, 11) is 1.78. The predicted octanol–water partition coefficient (Wildman–Crippen LogP) is 2.82. The Labute approximate surface area is 120 Å². The molecule has 0 aliphatic rings. The van der Waals surface area contributed by atoms with Crippen LogP contribution in [0.2, 0.25) is 0 Å². The van der Waals surface area contributed by atoms with E-state index in [9.17, 15) is 9.59 Å². The van der Waals surface area contributed by atoms with Gasteiger partial charge in [0.1, 0.15) is 0 Å². The van der Waals surface area contributed by atoms with Crippen molar-refractivity contribution >= 4 is 11.9 Å². The van der Waals surface area contributed by atoms with Gasteiger partial charge in [-0.3, -0.25) is 4.79 Å². The Morgan fingerprint density at radius 1 is 1.20 bits per heavy atom. The van der Waals surface area contributed by atoms with E-state index in [0.29, 0.717) is 11.5 Å². The topological polar surface area (TPSA) is 57.6 Å². The maximum Gasteiger partial charge on any atom is 0.335 e. The van der Waals surface area contributed by atoms with Gasteiger partial charge in [-0.05, 0) is 30.9 Å². The molecule has 0 aromatic heterocycles. The van der Waals surface area contributed by atoms with Gasteiger partial charge in [0.2, 0.25) is 5.91 Å². The molecule has 1 N–H and O–H groups in total. The highest BCUT2D eigenvalue weighted by Gasteiger charge is 2.19. The second-order valence-electron chi connectivity index (χ2n) is 5.62. The van der Waals surface area contributed by atoms with Gasteiger partial charge in [0.05, 0.1) is 12.0 Å². The molecule has 4 nitrogen and oxygen atoms in total. The summed E-state index contributed by atoms with van der Waals surface area (Å²) in [5.41, 5.74) is 0.763. The molecule has 1 aromatic rings. The van der Waals surface area contributed by atoms with Gasteiger partial charge >= 0.3 is 5.97 Å². The van der Waals surface area contributed by atoms with Crippen molar-refractivity contribution in [2.45, 2.75) is 39.7 Å². The Hall–Kier alpha value is -1.84.